The lowest BCUT2D eigenvalue weighted by atomic mass is 9.93. The summed E-state index contributed by atoms with van der Waals surface area (Å²) in [5.74, 6) is 1.24. The van der Waals surface area contributed by atoms with Crippen LogP contribution in [0.1, 0.15) is 31.4 Å². The Morgan fingerprint density at radius 2 is 1.84 bits per heavy atom. The van der Waals surface area contributed by atoms with Gasteiger partial charge in [-0.15, -0.1) is 0 Å². The molecular weight excluding hydrogens is 332 g/mol. The van der Waals surface area contributed by atoms with Crippen molar-refractivity contribution in [2.75, 3.05) is 25.4 Å². The minimum atomic E-state index is -0.0314. The molecule has 5 heteroatoms. The third kappa shape index (κ3) is 3.92. The Labute approximate surface area is 154 Å². The van der Waals surface area contributed by atoms with Crippen molar-refractivity contribution in [3.05, 3.63) is 48.6 Å². The molecule has 1 aromatic carbocycles. The standard InChI is InChI=1S/C20H26N2O2S/c1-3-18(23)21-11-9-17(10-12-21)20(24)22-13-14-25-15(2)19(22)16-7-5-4-6-8-16/h3-8,15,17,19H,1,9-14H2,2H3. The van der Waals surface area contributed by atoms with Crippen molar-refractivity contribution >= 4 is 23.6 Å². The Morgan fingerprint density at radius 3 is 2.48 bits per heavy atom. The molecule has 2 unspecified atom stereocenters. The molecule has 2 fully saturated rings. The molecule has 1 aromatic rings. The first-order valence-corrected chi connectivity index (χ1v) is 10.0. The maximum Gasteiger partial charge on any atom is 0.245 e. The molecule has 0 N–H and O–H groups in total. The number of nitrogens with zero attached hydrogens (tertiary/aromatic N) is 2. The van der Waals surface area contributed by atoms with E-state index in [1.165, 1.54) is 11.6 Å². The highest BCUT2D eigenvalue weighted by molar-refractivity contribution is 8.00. The van der Waals surface area contributed by atoms with Crippen LogP contribution in [-0.2, 0) is 9.59 Å². The third-order valence-electron chi connectivity index (χ3n) is 5.25. The lowest BCUT2D eigenvalue weighted by molar-refractivity contribution is -0.141. The normalized spacial score (nSPS) is 24.8. The number of hydrogen-bond acceptors (Lipinski definition) is 3. The Balaban J connectivity index is 1.72. The first-order chi connectivity index (χ1) is 12.1. The second-order valence-electron chi connectivity index (χ2n) is 6.77. The van der Waals surface area contributed by atoms with Crippen LogP contribution in [0.3, 0.4) is 0 Å². The molecule has 0 aliphatic carbocycles. The van der Waals surface area contributed by atoms with Crippen molar-refractivity contribution in [2.45, 2.75) is 31.1 Å². The molecule has 2 saturated heterocycles. The van der Waals surface area contributed by atoms with Gasteiger partial charge >= 0.3 is 0 Å². The second-order valence-corrected chi connectivity index (χ2v) is 8.25. The monoisotopic (exact) mass is 358 g/mol. The molecule has 2 aliphatic heterocycles. The summed E-state index contributed by atoms with van der Waals surface area (Å²) in [6, 6.07) is 10.5. The average Bonchev–Trinajstić information content (AvgIpc) is 2.67. The smallest absolute Gasteiger partial charge is 0.245 e. The third-order valence-corrected chi connectivity index (χ3v) is 6.45. The fraction of sp³-hybridized carbons (Fsp3) is 0.500. The molecule has 2 atom stereocenters. The molecule has 3 rings (SSSR count). The number of benzene rings is 1. The Morgan fingerprint density at radius 1 is 1.16 bits per heavy atom. The van der Waals surface area contributed by atoms with Crippen molar-refractivity contribution in [2.24, 2.45) is 5.92 Å². The molecule has 4 nitrogen and oxygen atoms in total. The summed E-state index contributed by atoms with van der Waals surface area (Å²) in [6.07, 6.45) is 2.85. The maximum atomic E-state index is 13.2. The van der Waals surface area contributed by atoms with E-state index in [0.717, 1.165) is 25.1 Å². The number of piperidine rings is 1. The van der Waals surface area contributed by atoms with Crippen LogP contribution in [0.25, 0.3) is 0 Å². The molecule has 0 radical (unpaired) electrons. The number of thioether (sulfide) groups is 1. The van der Waals surface area contributed by atoms with Gasteiger partial charge in [-0.2, -0.15) is 11.8 Å². The number of rotatable bonds is 3. The van der Waals surface area contributed by atoms with Crippen LogP contribution in [0.15, 0.2) is 43.0 Å². The van der Waals surface area contributed by atoms with Crippen molar-refractivity contribution in [3.8, 4) is 0 Å². The van der Waals surface area contributed by atoms with Crippen molar-refractivity contribution in [1.82, 2.24) is 9.80 Å². The number of carbonyl (C=O) groups excluding carboxylic acids is 2. The van der Waals surface area contributed by atoms with E-state index in [-0.39, 0.29) is 23.8 Å². The lowest BCUT2D eigenvalue weighted by Gasteiger charge is -2.42. The Hall–Kier alpha value is -1.75. The first-order valence-electron chi connectivity index (χ1n) is 9.00. The molecule has 0 aromatic heterocycles. The molecule has 2 amide bonds. The van der Waals surface area contributed by atoms with Crippen molar-refractivity contribution < 1.29 is 9.59 Å². The number of likely N-dealkylation sites (tertiary alicyclic amines) is 1. The van der Waals surface area contributed by atoms with Gasteiger partial charge in [0.25, 0.3) is 0 Å². The minimum Gasteiger partial charge on any atom is -0.339 e. The molecule has 0 spiro atoms. The van der Waals surface area contributed by atoms with Gasteiger partial charge in [0.15, 0.2) is 0 Å². The average molecular weight is 359 g/mol. The summed E-state index contributed by atoms with van der Waals surface area (Å²) in [5, 5.41) is 0.391. The highest BCUT2D eigenvalue weighted by atomic mass is 32.2. The van der Waals surface area contributed by atoms with Gasteiger partial charge in [-0.3, -0.25) is 9.59 Å². The van der Waals surface area contributed by atoms with Crippen LogP contribution in [0.4, 0.5) is 0 Å². The van der Waals surface area contributed by atoms with E-state index in [9.17, 15) is 9.59 Å². The van der Waals surface area contributed by atoms with E-state index in [2.05, 4.69) is 30.5 Å². The van der Waals surface area contributed by atoms with Gasteiger partial charge in [-0.05, 0) is 24.5 Å². The summed E-state index contributed by atoms with van der Waals surface area (Å²) in [5.41, 5.74) is 1.22. The number of carbonyl (C=O) groups is 2. The lowest BCUT2D eigenvalue weighted by Crippen LogP contribution is -2.49. The van der Waals surface area contributed by atoms with Crippen LogP contribution < -0.4 is 0 Å². The summed E-state index contributed by atoms with van der Waals surface area (Å²) in [7, 11) is 0. The molecule has 25 heavy (non-hydrogen) atoms. The van der Waals surface area contributed by atoms with Crippen LogP contribution in [0.2, 0.25) is 0 Å². The molecular formula is C20H26N2O2S. The fourth-order valence-corrected chi connectivity index (χ4v) is 5.04. The maximum absolute atomic E-state index is 13.2. The summed E-state index contributed by atoms with van der Waals surface area (Å²) < 4.78 is 0. The van der Waals surface area contributed by atoms with Gasteiger partial charge in [-0.25, -0.2) is 0 Å². The molecule has 0 bridgehead atoms. The molecule has 134 valence electrons. The van der Waals surface area contributed by atoms with Crippen molar-refractivity contribution in [1.29, 1.82) is 0 Å². The number of hydrogen-bond donors (Lipinski definition) is 0. The van der Waals surface area contributed by atoms with Gasteiger partial charge in [0.05, 0.1) is 6.04 Å². The van der Waals surface area contributed by atoms with E-state index >= 15 is 0 Å². The predicted octanol–water partition coefficient (Wildman–Crippen LogP) is 3.12. The van der Waals surface area contributed by atoms with Crippen molar-refractivity contribution in [3.63, 3.8) is 0 Å². The molecule has 0 saturated carbocycles. The zero-order valence-corrected chi connectivity index (χ0v) is 15.6. The molecule has 2 aliphatic rings. The highest BCUT2D eigenvalue weighted by Crippen LogP contribution is 2.37. The van der Waals surface area contributed by atoms with E-state index in [1.807, 2.05) is 30.0 Å². The first kappa shape index (κ1) is 18.1. The van der Waals surface area contributed by atoms with E-state index in [1.54, 1.807) is 4.90 Å². The summed E-state index contributed by atoms with van der Waals surface area (Å²) >= 11 is 1.94. The zero-order chi connectivity index (χ0) is 17.8. The quantitative estimate of drug-likeness (QED) is 0.780. The Kier molecular flexibility index (Phi) is 5.84. The van der Waals surface area contributed by atoms with Gasteiger partial charge < -0.3 is 9.80 Å². The van der Waals surface area contributed by atoms with Gasteiger partial charge in [0.2, 0.25) is 11.8 Å². The SMILES string of the molecule is C=CC(=O)N1CCC(C(=O)N2CCSC(C)C2c2ccccc2)CC1. The van der Waals surface area contributed by atoms with Gasteiger partial charge in [0.1, 0.15) is 0 Å². The van der Waals surface area contributed by atoms with Crippen LogP contribution >= 0.6 is 11.8 Å². The second kappa shape index (κ2) is 8.09. The predicted molar refractivity (Wildman–Crippen MR) is 102 cm³/mol. The molecule has 2 heterocycles. The summed E-state index contributed by atoms with van der Waals surface area (Å²) in [6.45, 7) is 7.86. The number of amides is 2. The van der Waals surface area contributed by atoms with Gasteiger partial charge in [-0.1, -0.05) is 43.8 Å². The topological polar surface area (TPSA) is 40.6 Å². The largest absolute Gasteiger partial charge is 0.339 e. The van der Waals surface area contributed by atoms with Crippen LogP contribution in [0, 0.1) is 5.92 Å². The van der Waals surface area contributed by atoms with Gasteiger partial charge in [0, 0.05) is 36.6 Å². The van der Waals surface area contributed by atoms with E-state index in [4.69, 9.17) is 0 Å². The highest BCUT2D eigenvalue weighted by Gasteiger charge is 2.37. The van der Waals surface area contributed by atoms with E-state index < -0.39 is 0 Å². The van der Waals surface area contributed by atoms with Crippen LogP contribution in [0.5, 0.6) is 0 Å². The fourth-order valence-electron chi connectivity index (χ4n) is 3.88. The Bertz CT molecular complexity index is 626. The van der Waals surface area contributed by atoms with Crippen LogP contribution in [-0.4, -0.2) is 52.3 Å². The minimum absolute atomic E-state index is 0.0235. The summed E-state index contributed by atoms with van der Waals surface area (Å²) in [4.78, 5) is 28.8. The van der Waals surface area contributed by atoms with E-state index in [0.29, 0.717) is 18.3 Å². The zero-order valence-electron chi connectivity index (χ0n) is 14.8.